The molecular formula is C9H12O4. The molecule has 0 aromatic rings. The number of hydrogen-bond donors (Lipinski definition) is 0. The molecule has 0 spiro atoms. The van der Waals surface area contributed by atoms with Crippen molar-refractivity contribution in [1.82, 2.24) is 0 Å². The Labute approximate surface area is 76.3 Å². The zero-order valence-corrected chi connectivity index (χ0v) is 7.54. The van der Waals surface area contributed by atoms with Crippen molar-refractivity contribution in [3.63, 3.8) is 0 Å². The first-order valence-electron chi connectivity index (χ1n) is 4.26. The summed E-state index contributed by atoms with van der Waals surface area (Å²) in [4.78, 5) is 32.6. The zero-order valence-electron chi connectivity index (χ0n) is 7.54. The van der Waals surface area contributed by atoms with Crippen molar-refractivity contribution in [2.45, 2.75) is 25.7 Å². The van der Waals surface area contributed by atoms with Crippen molar-refractivity contribution in [3.05, 3.63) is 0 Å². The van der Waals surface area contributed by atoms with E-state index in [-0.39, 0.29) is 12.2 Å². The molecular weight excluding hydrogens is 172 g/mol. The van der Waals surface area contributed by atoms with Gasteiger partial charge in [0.15, 0.2) is 0 Å². The van der Waals surface area contributed by atoms with Crippen LogP contribution in [0, 0.1) is 5.92 Å². The number of ether oxygens (including phenoxy) is 1. The average molecular weight is 184 g/mol. The molecule has 1 fully saturated rings. The van der Waals surface area contributed by atoms with E-state index >= 15 is 0 Å². The molecule has 0 radical (unpaired) electrons. The highest BCUT2D eigenvalue weighted by Gasteiger charge is 2.26. The minimum Gasteiger partial charge on any atom is -0.463 e. The molecule has 0 amide bonds. The van der Waals surface area contributed by atoms with Crippen LogP contribution >= 0.6 is 0 Å². The molecule has 0 bridgehead atoms. The van der Waals surface area contributed by atoms with Crippen LogP contribution in [-0.2, 0) is 19.1 Å². The van der Waals surface area contributed by atoms with Gasteiger partial charge in [-0.15, -0.1) is 0 Å². The van der Waals surface area contributed by atoms with Crippen molar-refractivity contribution in [2.75, 3.05) is 7.11 Å². The van der Waals surface area contributed by atoms with Crippen molar-refractivity contribution in [2.24, 2.45) is 5.92 Å². The lowest BCUT2D eigenvalue weighted by molar-refractivity contribution is -0.152. The van der Waals surface area contributed by atoms with E-state index in [1.54, 1.807) is 0 Å². The Balaban J connectivity index is 2.25. The van der Waals surface area contributed by atoms with Crippen molar-refractivity contribution in [1.29, 1.82) is 0 Å². The normalized spacial score (nSPS) is 15.2. The second kappa shape index (κ2) is 4.16. The van der Waals surface area contributed by atoms with Crippen LogP contribution in [0.4, 0.5) is 0 Å². The van der Waals surface area contributed by atoms with E-state index in [0.717, 1.165) is 20.0 Å². The van der Waals surface area contributed by atoms with Gasteiger partial charge in [-0.3, -0.25) is 9.59 Å². The fourth-order valence-corrected chi connectivity index (χ4v) is 1.08. The molecule has 1 aliphatic rings. The molecule has 0 aliphatic heterocycles. The summed E-state index contributed by atoms with van der Waals surface area (Å²) in [5.41, 5.74) is 0. The third-order valence-corrected chi connectivity index (χ3v) is 1.98. The van der Waals surface area contributed by atoms with Gasteiger partial charge in [0, 0.05) is 6.42 Å². The Bertz CT molecular complexity index is 240. The molecule has 13 heavy (non-hydrogen) atoms. The van der Waals surface area contributed by atoms with Gasteiger partial charge in [-0.05, 0) is 18.8 Å². The highest BCUT2D eigenvalue weighted by Crippen LogP contribution is 2.32. The lowest BCUT2D eigenvalue weighted by Gasteiger charge is -1.97. The molecule has 0 aromatic carbocycles. The Morgan fingerprint density at radius 3 is 2.38 bits per heavy atom. The first-order chi connectivity index (χ1) is 6.13. The molecule has 4 heteroatoms. The predicted octanol–water partition coefficient (Wildman–Crippen LogP) is 0.488. The highest BCUT2D eigenvalue weighted by atomic mass is 16.5. The molecule has 4 nitrogen and oxygen atoms in total. The molecule has 0 atom stereocenters. The van der Waals surface area contributed by atoms with Crippen LogP contribution in [0.1, 0.15) is 25.7 Å². The van der Waals surface area contributed by atoms with Gasteiger partial charge < -0.3 is 4.74 Å². The Hall–Kier alpha value is -1.19. The molecule has 1 aliphatic carbocycles. The van der Waals surface area contributed by atoms with Crippen molar-refractivity contribution >= 4 is 17.5 Å². The maximum Gasteiger partial charge on any atom is 0.374 e. The summed E-state index contributed by atoms with van der Waals surface area (Å²) in [5, 5.41) is 0. The molecule has 0 unspecified atom stereocenters. The number of ketones is 2. The number of carbonyl (C=O) groups is 3. The Morgan fingerprint density at radius 1 is 1.31 bits per heavy atom. The predicted molar refractivity (Wildman–Crippen MR) is 44.0 cm³/mol. The summed E-state index contributed by atoms with van der Waals surface area (Å²) >= 11 is 0. The summed E-state index contributed by atoms with van der Waals surface area (Å²) in [5.74, 6) is -1.37. The SMILES string of the molecule is COC(=O)C(=O)CC(=O)CC1CC1. The van der Waals surface area contributed by atoms with Crippen LogP contribution < -0.4 is 0 Å². The molecule has 0 N–H and O–H groups in total. The van der Waals surface area contributed by atoms with E-state index < -0.39 is 11.8 Å². The third-order valence-electron chi connectivity index (χ3n) is 1.98. The number of Topliss-reactive ketones (excluding diaryl/α,β-unsaturated/α-hetero) is 2. The molecule has 72 valence electrons. The van der Waals surface area contributed by atoms with Crippen LogP contribution in [0.2, 0.25) is 0 Å². The van der Waals surface area contributed by atoms with Crippen molar-refractivity contribution in [3.8, 4) is 0 Å². The summed E-state index contributed by atoms with van der Waals surface area (Å²) in [6.07, 6.45) is 2.27. The van der Waals surface area contributed by atoms with E-state index in [4.69, 9.17) is 0 Å². The van der Waals surface area contributed by atoms with Gasteiger partial charge in [0.05, 0.1) is 13.5 Å². The van der Waals surface area contributed by atoms with E-state index in [1.807, 2.05) is 0 Å². The minimum absolute atomic E-state index is 0.155. The molecule has 0 aromatic heterocycles. The second-order valence-corrected chi connectivity index (χ2v) is 3.28. The Morgan fingerprint density at radius 2 is 1.92 bits per heavy atom. The van der Waals surface area contributed by atoms with E-state index in [0.29, 0.717) is 12.3 Å². The van der Waals surface area contributed by atoms with Gasteiger partial charge in [0.25, 0.3) is 0 Å². The van der Waals surface area contributed by atoms with Crippen LogP contribution in [0.15, 0.2) is 0 Å². The van der Waals surface area contributed by atoms with Crippen LogP contribution in [0.25, 0.3) is 0 Å². The van der Waals surface area contributed by atoms with E-state index in [1.165, 1.54) is 0 Å². The summed E-state index contributed by atoms with van der Waals surface area (Å²) < 4.78 is 4.19. The fourth-order valence-electron chi connectivity index (χ4n) is 1.08. The third kappa shape index (κ3) is 3.36. The topological polar surface area (TPSA) is 60.4 Å². The lowest BCUT2D eigenvalue weighted by Crippen LogP contribution is -2.19. The second-order valence-electron chi connectivity index (χ2n) is 3.28. The molecule has 0 saturated heterocycles. The lowest BCUT2D eigenvalue weighted by atomic mass is 10.1. The van der Waals surface area contributed by atoms with Gasteiger partial charge in [0.2, 0.25) is 5.78 Å². The van der Waals surface area contributed by atoms with Crippen molar-refractivity contribution < 1.29 is 19.1 Å². The van der Waals surface area contributed by atoms with Gasteiger partial charge in [-0.2, -0.15) is 0 Å². The first-order valence-corrected chi connectivity index (χ1v) is 4.26. The summed E-state index contributed by atoms with van der Waals surface area (Å²) in [7, 11) is 1.13. The number of rotatable bonds is 5. The molecule has 0 heterocycles. The van der Waals surface area contributed by atoms with Gasteiger partial charge in [-0.25, -0.2) is 4.79 Å². The van der Waals surface area contributed by atoms with Gasteiger partial charge in [-0.1, -0.05) is 0 Å². The Kier molecular flexibility index (Phi) is 3.17. The minimum atomic E-state index is -0.927. The van der Waals surface area contributed by atoms with Gasteiger partial charge >= 0.3 is 5.97 Å². The van der Waals surface area contributed by atoms with Gasteiger partial charge in [0.1, 0.15) is 5.78 Å². The number of hydrogen-bond acceptors (Lipinski definition) is 4. The zero-order chi connectivity index (χ0) is 9.84. The first kappa shape index (κ1) is 9.89. The summed E-state index contributed by atoms with van der Waals surface area (Å²) in [6.45, 7) is 0. The quantitative estimate of drug-likeness (QED) is 0.354. The summed E-state index contributed by atoms with van der Waals surface area (Å²) in [6, 6.07) is 0. The average Bonchev–Trinajstić information content (AvgIpc) is 2.86. The molecule has 1 saturated carbocycles. The largest absolute Gasteiger partial charge is 0.463 e. The number of methoxy groups -OCH3 is 1. The maximum absolute atomic E-state index is 11.1. The highest BCUT2D eigenvalue weighted by molar-refractivity contribution is 6.37. The number of carbonyl (C=O) groups excluding carboxylic acids is 3. The van der Waals surface area contributed by atoms with Crippen LogP contribution in [0.5, 0.6) is 0 Å². The smallest absolute Gasteiger partial charge is 0.374 e. The van der Waals surface area contributed by atoms with E-state index in [9.17, 15) is 14.4 Å². The fraction of sp³-hybridized carbons (Fsp3) is 0.667. The van der Waals surface area contributed by atoms with Crippen LogP contribution in [0.3, 0.4) is 0 Å². The monoisotopic (exact) mass is 184 g/mol. The number of esters is 1. The standard InChI is InChI=1S/C9H12O4/c1-13-9(12)8(11)5-7(10)4-6-2-3-6/h6H,2-5H2,1H3. The molecule has 1 rings (SSSR count). The van der Waals surface area contributed by atoms with E-state index in [2.05, 4.69) is 4.74 Å². The van der Waals surface area contributed by atoms with Crippen LogP contribution in [-0.4, -0.2) is 24.6 Å². The maximum atomic E-state index is 11.1.